The Bertz CT molecular complexity index is 791. The minimum atomic E-state index is 0.361. The van der Waals surface area contributed by atoms with Gasteiger partial charge in [-0.25, -0.2) is 4.98 Å². The molecule has 0 aliphatic heterocycles. The first kappa shape index (κ1) is 13.5. The summed E-state index contributed by atoms with van der Waals surface area (Å²) in [4.78, 5) is 4.61. The van der Waals surface area contributed by atoms with Gasteiger partial charge >= 0.3 is 0 Å². The molecule has 1 heterocycles. The lowest BCUT2D eigenvalue weighted by Crippen LogP contribution is -2.00. The van der Waals surface area contributed by atoms with Crippen LogP contribution in [0, 0.1) is 13.8 Å². The van der Waals surface area contributed by atoms with Crippen LogP contribution in [0.2, 0.25) is 5.02 Å². The largest absolute Gasteiger partial charge is 0.295 e. The number of hydrogen-bond donors (Lipinski definition) is 0. The molecule has 3 aromatic rings. The number of fused-ring (bicyclic) bond motifs is 1. The van der Waals surface area contributed by atoms with Gasteiger partial charge in [0.25, 0.3) is 0 Å². The van der Waals surface area contributed by atoms with Crippen LogP contribution >= 0.6 is 23.2 Å². The highest BCUT2D eigenvalue weighted by Crippen LogP contribution is 2.27. The number of benzene rings is 2. The number of nitrogens with zero attached hydrogens (tertiary/aromatic N) is 2. The fourth-order valence-corrected chi connectivity index (χ4v) is 2.79. The van der Waals surface area contributed by atoms with Gasteiger partial charge in [0.15, 0.2) is 0 Å². The average molecular weight is 305 g/mol. The predicted octanol–water partition coefficient (Wildman–Crippen LogP) is 5.03. The number of rotatable bonds is 2. The first-order chi connectivity index (χ1) is 9.61. The number of aromatic nitrogens is 2. The van der Waals surface area contributed by atoms with Gasteiger partial charge < -0.3 is 0 Å². The monoisotopic (exact) mass is 304 g/mol. The second-order valence-electron chi connectivity index (χ2n) is 4.87. The van der Waals surface area contributed by atoms with E-state index < -0.39 is 0 Å². The highest BCUT2D eigenvalue weighted by molar-refractivity contribution is 6.31. The molecule has 1 aromatic heterocycles. The van der Waals surface area contributed by atoms with Gasteiger partial charge in [-0.3, -0.25) is 4.57 Å². The van der Waals surface area contributed by atoms with Gasteiger partial charge in [-0.1, -0.05) is 29.8 Å². The molecule has 0 unspecified atom stereocenters. The Morgan fingerprint density at radius 3 is 2.60 bits per heavy atom. The normalized spacial score (nSPS) is 11.2. The Morgan fingerprint density at radius 1 is 1.10 bits per heavy atom. The van der Waals surface area contributed by atoms with Gasteiger partial charge in [-0.05, 0) is 43.2 Å². The van der Waals surface area contributed by atoms with Crippen molar-refractivity contribution < 1.29 is 0 Å². The van der Waals surface area contributed by atoms with Gasteiger partial charge in [-0.15, -0.1) is 11.6 Å². The van der Waals surface area contributed by atoms with E-state index in [9.17, 15) is 0 Å². The van der Waals surface area contributed by atoms with Crippen molar-refractivity contribution in [1.29, 1.82) is 0 Å². The molecular weight excluding hydrogens is 291 g/mol. The zero-order valence-corrected chi connectivity index (χ0v) is 12.8. The van der Waals surface area contributed by atoms with Crippen molar-refractivity contribution in [1.82, 2.24) is 9.55 Å². The molecule has 4 heteroatoms. The van der Waals surface area contributed by atoms with Gasteiger partial charge in [-0.2, -0.15) is 0 Å². The summed E-state index contributed by atoms with van der Waals surface area (Å²) < 4.78 is 2.09. The maximum absolute atomic E-state index is 6.25. The van der Waals surface area contributed by atoms with Crippen LogP contribution in [0.25, 0.3) is 16.7 Å². The number of hydrogen-bond acceptors (Lipinski definition) is 1. The minimum absolute atomic E-state index is 0.361. The molecule has 0 aliphatic carbocycles. The van der Waals surface area contributed by atoms with E-state index in [1.54, 1.807) is 0 Å². The molecule has 0 spiro atoms. The van der Waals surface area contributed by atoms with E-state index in [0.717, 1.165) is 33.1 Å². The van der Waals surface area contributed by atoms with Gasteiger partial charge in [0.1, 0.15) is 5.82 Å². The SMILES string of the molecule is Cc1ccc(-n2c(CCl)nc3cccc(C)c32)cc1Cl. The van der Waals surface area contributed by atoms with Crippen molar-refractivity contribution in [3.05, 3.63) is 58.4 Å². The van der Waals surface area contributed by atoms with E-state index in [0.29, 0.717) is 5.88 Å². The first-order valence-electron chi connectivity index (χ1n) is 6.41. The Balaban J connectivity index is 2.36. The van der Waals surface area contributed by atoms with Crippen molar-refractivity contribution >= 4 is 34.2 Å². The Morgan fingerprint density at radius 2 is 1.90 bits per heavy atom. The van der Waals surface area contributed by atoms with E-state index in [2.05, 4.69) is 22.5 Å². The zero-order chi connectivity index (χ0) is 14.3. The molecule has 2 aromatic carbocycles. The first-order valence-corrected chi connectivity index (χ1v) is 7.32. The quantitative estimate of drug-likeness (QED) is 0.607. The summed E-state index contributed by atoms with van der Waals surface area (Å²) >= 11 is 12.3. The number of para-hydroxylation sites is 1. The summed E-state index contributed by atoms with van der Waals surface area (Å²) in [6.07, 6.45) is 0. The molecule has 0 saturated heterocycles. The Hall–Kier alpha value is -1.51. The van der Waals surface area contributed by atoms with E-state index in [4.69, 9.17) is 23.2 Å². The van der Waals surface area contributed by atoms with Crippen LogP contribution in [-0.4, -0.2) is 9.55 Å². The smallest absolute Gasteiger partial charge is 0.129 e. The van der Waals surface area contributed by atoms with Crippen LogP contribution < -0.4 is 0 Å². The van der Waals surface area contributed by atoms with E-state index in [-0.39, 0.29) is 0 Å². The van der Waals surface area contributed by atoms with Gasteiger partial charge in [0, 0.05) is 10.7 Å². The maximum Gasteiger partial charge on any atom is 0.129 e. The molecule has 0 N–H and O–H groups in total. The average Bonchev–Trinajstić information content (AvgIpc) is 2.82. The summed E-state index contributed by atoms with van der Waals surface area (Å²) in [6.45, 7) is 4.07. The summed E-state index contributed by atoms with van der Waals surface area (Å²) in [5.41, 5.74) is 5.26. The molecule has 0 fully saturated rings. The summed E-state index contributed by atoms with van der Waals surface area (Å²) in [5.74, 6) is 1.19. The number of halogens is 2. The van der Waals surface area contributed by atoms with Crippen LogP contribution in [0.4, 0.5) is 0 Å². The molecule has 0 amide bonds. The fraction of sp³-hybridized carbons (Fsp3) is 0.188. The number of imidazole rings is 1. The van der Waals surface area contributed by atoms with Crippen LogP contribution in [-0.2, 0) is 5.88 Å². The molecule has 102 valence electrons. The van der Waals surface area contributed by atoms with Crippen LogP contribution in [0.3, 0.4) is 0 Å². The second kappa shape index (κ2) is 5.12. The van der Waals surface area contributed by atoms with Crippen molar-refractivity contribution in [2.75, 3.05) is 0 Å². The van der Waals surface area contributed by atoms with E-state index in [1.165, 1.54) is 5.56 Å². The van der Waals surface area contributed by atoms with Gasteiger partial charge in [0.05, 0.1) is 16.9 Å². The van der Waals surface area contributed by atoms with Crippen LogP contribution in [0.5, 0.6) is 0 Å². The maximum atomic E-state index is 6.25. The Kier molecular flexibility index (Phi) is 3.45. The highest BCUT2D eigenvalue weighted by Gasteiger charge is 2.13. The molecule has 0 aliphatic rings. The summed E-state index contributed by atoms with van der Waals surface area (Å²) in [6, 6.07) is 12.1. The van der Waals surface area contributed by atoms with Crippen LogP contribution in [0.1, 0.15) is 17.0 Å². The fourth-order valence-electron chi connectivity index (χ4n) is 2.43. The minimum Gasteiger partial charge on any atom is -0.295 e. The van der Waals surface area contributed by atoms with E-state index in [1.807, 2.05) is 37.3 Å². The number of alkyl halides is 1. The molecule has 0 atom stereocenters. The molecular formula is C16H14Cl2N2. The van der Waals surface area contributed by atoms with Crippen molar-refractivity contribution in [3.8, 4) is 5.69 Å². The molecule has 0 saturated carbocycles. The van der Waals surface area contributed by atoms with E-state index >= 15 is 0 Å². The summed E-state index contributed by atoms with van der Waals surface area (Å²) in [5, 5.41) is 0.749. The third kappa shape index (κ3) is 2.09. The molecule has 3 rings (SSSR count). The summed E-state index contributed by atoms with van der Waals surface area (Å²) in [7, 11) is 0. The zero-order valence-electron chi connectivity index (χ0n) is 11.3. The highest BCUT2D eigenvalue weighted by atomic mass is 35.5. The lowest BCUT2D eigenvalue weighted by molar-refractivity contribution is 0.978. The van der Waals surface area contributed by atoms with Crippen molar-refractivity contribution in [3.63, 3.8) is 0 Å². The number of aryl methyl sites for hydroxylation is 2. The van der Waals surface area contributed by atoms with Gasteiger partial charge in [0.2, 0.25) is 0 Å². The standard InChI is InChI=1S/C16H14Cl2N2/c1-10-6-7-12(8-13(10)18)20-15(9-17)19-14-5-3-4-11(2)16(14)20/h3-8H,9H2,1-2H3. The lowest BCUT2D eigenvalue weighted by atomic mass is 10.2. The second-order valence-corrected chi connectivity index (χ2v) is 5.55. The molecule has 0 radical (unpaired) electrons. The van der Waals surface area contributed by atoms with Crippen molar-refractivity contribution in [2.45, 2.75) is 19.7 Å². The molecule has 2 nitrogen and oxygen atoms in total. The topological polar surface area (TPSA) is 17.8 Å². The van der Waals surface area contributed by atoms with Crippen LogP contribution in [0.15, 0.2) is 36.4 Å². The van der Waals surface area contributed by atoms with Crippen molar-refractivity contribution in [2.24, 2.45) is 0 Å². The lowest BCUT2D eigenvalue weighted by Gasteiger charge is -2.10. The third-order valence-corrected chi connectivity index (χ3v) is 4.13. The predicted molar refractivity (Wildman–Crippen MR) is 85.1 cm³/mol. The third-order valence-electron chi connectivity index (χ3n) is 3.48. The Labute approximate surface area is 128 Å². The molecule has 20 heavy (non-hydrogen) atoms. The molecule has 0 bridgehead atoms.